The first-order valence-corrected chi connectivity index (χ1v) is 20.8. The SMILES string of the molecule is C[Si](C)(C)[N-][Si](C)(C)C.C[Si](C)([C]1[CH][CH][CH][CH]1)[C]1[C]2C=CC=C[C]2[C]2C=CC=C[C]21.[Dy+3]. The first-order valence-electron chi connectivity index (χ1n) is 10.9. The quantitative estimate of drug-likeness (QED) is 0.296. The average molecular weight is 609 g/mol. The fourth-order valence-corrected chi connectivity index (χ4v) is 15.8. The Bertz CT molecular complexity index is 659. The molecule has 1 nitrogen and oxygen atoms in total. The third kappa shape index (κ3) is 7.17. The van der Waals surface area contributed by atoms with Crippen LogP contribution < -0.4 is 0 Å². The van der Waals surface area contributed by atoms with E-state index in [1.807, 2.05) is 0 Å². The molecular weight excluding hydrogens is 573 g/mol. The van der Waals surface area contributed by atoms with E-state index in [9.17, 15) is 0 Å². The summed E-state index contributed by atoms with van der Waals surface area (Å²) in [5.41, 5.74) is 3.10. The van der Waals surface area contributed by atoms with Crippen molar-refractivity contribution in [1.82, 2.24) is 0 Å². The van der Waals surface area contributed by atoms with Gasteiger partial charge < -0.3 is 4.65 Å². The summed E-state index contributed by atoms with van der Waals surface area (Å²) in [6.07, 6.45) is 26.7. The van der Waals surface area contributed by atoms with Crippen molar-refractivity contribution < 1.29 is 38.2 Å². The molecule has 0 amide bonds. The van der Waals surface area contributed by atoms with Gasteiger partial charge in [-0.15, -0.1) is 0 Å². The summed E-state index contributed by atoms with van der Waals surface area (Å²) in [6, 6.07) is 0. The van der Waals surface area contributed by atoms with Gasteiger partial charge in [0.1, 0.15) is 0 Å². The van der Waals surface area contributed by atoms with E-state index >= 15 is 0 Å². The topological polar surface area (TPSA) is 14.1 Å². The van der Waals surface area contributed by atoms with E-state index in [-0.39, 0.29) is 38.2 Å². The van der Waals surface area contributed by atoms with Gasteiger partial charge in [0.05, 0.1) is 8.07 Å². The molecule has 4 rings (SSSR count). The Morgan fingerprint density at radius 3 is 1.23 bits per heavy atom. The van der Waals surface area contributed by atoms with Gasteiger partial charge in [-0.1, -0.05) is 117 Å². The fraction of sp³-hybridized carbons (Fsp3) is 0.308. The summed E-state index contributed by atoms with van der Waals surface area (Å²) in [6.45, 7) is 18.7. The van der Waals surface area contributed by atoms with Crippen molar-refractivity contribution in [3.8, 4) is 0 Å². The maximum Gasteiger partial charge on any atom is 3.00 e. The maximum absolute atomic E-state index is 4.82. The van der Waals surface area contributed by atoms with Crippen LogP contribution in [0.4, 0.5) is 0 Å². The second-order valence-corrected chi connectivity index (χ2v) is 24.6. The monoisotopic (exact) mass is 610 g/mol. The zero-order chi connectivity index (χ0) is 22.2. The standard InChI is InChI=1S/C20H18Si.C6H18NSi2.Dy/c1-21(2,15-9-3-4-10-15)20-18-13-7-5-11-16(18)17-12-6-8-14-19(17)20;1-8(2,3)7-9(4,5)6;/h3-14H,1-2H3;1-6H3;/q;-1;+3. The Morgan fingerprint density at radius 1 is 0.548 bits per heavy atom. The molecule has 2 fully saturated rings. The molecule has 2 saturated carbocycles. The van der Waals surface area contributed by atoms with Crippen LogP contribution in [0.2, 0.25) is 52.4 Å². The summed E-state index contributed by atoms with van der Waals surface area (Å²) < 4.78 is 4.82. The van der Waals surface area contributed by atoms with Gasteiger partial charge in [-0.25, -0.2) is 0 Å². The van der Waals surface area contributed by atoms with Crippen molar-refractivity contribution in [2.24, 2.45) is 0 Å². The molecule has 0 saturated heterocycles. The van der Waals surface area contributed by atoms with Gasteiger partial charge in [0.15, 0.2) is 0 Å². The first kappa shape index (κ1) is 28.1. The van der Waals surface area contributed by atoms with Crippen molar-refractivity contribution in [2.45, 2.75) is 52.4 Å². The zero-order valence-electron chi connectivity index (χ0n) is 20.2. The maximum atomic E-state index is 4.82. The van der Waals surface area contributed by atoms with E-state index in [0.717, 1.165) is 0 Å². The van der Waals surface area contributed by atoms with Crippen molar-refractivity contribution in [2.75, 3.05) is 0 Å². The van der Waals surface area contributed by atoms with Gasteiger partial charge in [0.25, 0.3) is 0 Å². The summed E-state index contributed by atoms with van der Waals surface area (Å²) in [4.78, 5) is 0. The van der Waals surface area contributed by atoms with Crippen LogP contribution in [-0.2, 0) is 0 Å². The molecule has 0 aromatic rings. The minimum atomic E-state index is -1.68. The number of hydrogen-bond acceptors (Lipinski definition) is 0. The third-order valence-corrected chi connectivity index (χ3v) is 14.3. The smallest absolute Gasteiger partial charge is 0.668 e. The van der Waals surface area contributed by atoms with Crippen LogP contribution in [0.3, 0.4) is 0 Å². The summed E-state index contributed by atoms with van der Waals surface area (Å²) >= 11 is 0. The third-order valence-electron chi connectivity index (χ3n) is 5.36. The van der Waals surface area contributed by atoms with E-state index in [0.29, 0.717) is 0 Å². The van der Waals surface area contributed by atoms with Gasteiger partial charge in [0, 0.05) is 23.7 Å². The average Bonchev–Trinajstić information content (AvgIpc) is 3.26. The fourth-order valence-electron chi connectivity index (χ4n) is 4.63. The molecule has 165 valence electrons. The number of hydrogen-bond donors (Lipinski definition) is 0. The number of rotatable bonds is 4. The molecule has 0 N–H and O–H groups in total. The Hall–Kier alpha value is 0.843. The van der Waals surface area contributed by atoms with Crippen LogP contribution in [0, 0.1) is 98.6 Å². The van der Waals surface area contributed by atoms with E-state index < -0.39 is 24.5 Å². The molecule has 5 heteroatoms. The Balaban J connectivity index is 0.000000295. The molecule has 0 heterocycles. The van der Waals surface area contributed by atoms with Crippen LogP contribution in [0.5, 0.6) is 0 Å². The molecule has 0 spiro atoms. The first-order chi connectivity index (χ1) is 13.9. The van der Waals surface area contributed by atoms with Crippen LogP contribution in [-0.4, -0.2) is 24.5 Å². The molecule has 0 bridgehead atoms. The van der Waals surface area contributed by atoms with E-state index in [1.165, 1.54) is 29.2 Å². The van der Waals surface area contributed by atoms with Crippen LogP contribution in [0.15, 0.2) is 48.6 Å². The van der Waals surface area contributed by atoms with Gasteiger partial charge in [-0.3, -0.25) is 0 Å². The van der Waals surface area contributed by atoms with Gasteiger partial charge >= 0.3 is 38.2 Å². The molecule has 0 atom stereocenters. The van der Waals surface area contributed by atoms with Gasteiger partial charge in [0.2, 0.25) is 0 Å². The summed E-state index contributed by atoms with van der Waals surface area (Å²) in [5.74, 6) is 5.68. The number of allylic oxidation sites excluding steroid dienone is 8. The van der Waals surface area contributed by atoms with Crippen LogP contribution in [0.1, 0.15) is 0 Å². The van der Waals surface area contributed by atoms with Crippen LogP contribution in [0.25, 0.3) is 4.65 Å². The molecule has 11 radical (unpaired) electrons. The second-order valence-electron chi connectivity index (χ2n) is 10.7. The molecular formula is C26H36DyNSi3+2. The Labute approximate surface area is 226 Å². The molecule has 4 aliphatic carbocycles. The molecule has 0 aromatic heterocycles. The molecule has 31 heavy (non-hydrogen) atoms. The largest absolute Gasteiger partial charge is 3.00 e. The van der Waals surface area contributed by atoms with Crippen molar-refractivity contribution >= 4 is 24.5 Å². The minimum Gasteiger partial charge on any atom is -0.668 e. The summed E-state index contributed by atoms with van der Waals surface area (Å²) in [7, 11) is -3.89. The van der Waals surface area contributed by atoms with Crippen LogP contribution >= 0.6 is 0 Å². The van der Waals surface area contributed by atoms with E-state index in [1.54, 1.807) is 5.54 Å². The molecule has 4 aliphatic rings. The predicted octanol–water partition coefficient (Wildman–Crippen LogP) is 7.35. The Kier molecular flexibility index (Phi) is 10.0. The summed E-state index contributed by atoms with van der Waals surface area (Å²) in [5, 5.41) is 0. The van der Waals surface area contributed by atoms with Gasteiger partial charge in [-0.05, 0) is 36.8 Å². The zero-order valence-corrected chi connectivity index (χ0v) is 25.2. The minimum absolute atomic E-state index is 0. The molecule has 0 unspecified atom stereocenters. The Morgan fingerprint density at radius 2 is 0.903 bits per heavy atom. The number of fused-ring (bicyclic) bond motifs is 3. The van der Waals surface area contributed by atoms with E-state index in [2.05, 4.69) is 127 Å². The normalized spacial score (nSPS) is 23.5. The van der Waals surface area contributed by atoms with Crippen molar-refractivity contribution in [1.29, 1.82) is 0 Å². The van der Waals surface area contributed by atoms with Crippen molar-refractivity contribution in [3.63, 3.8) is 0 Å². The van der Waals surface area contributed by atoms with Gasteiger partial charge in [-0.2, -0.15) is 0 Å². The molecule has 0 aliphatic heterocycles. The second kappa shape index (κ2) is 11.1. The predicted molar refractivity (Wildman–Crippen MR) is 141 cm³/mol. The number of nitrogens with zero attached hydrogens (tertiary/aromatic N) is 1. The van der Waals surface area contributed by atoms with Crippen molar-refractivity contribution in [3.05, 3.63) is 114 Å². The van der Waals surface area contributed by atoms with E-state index in [4.69, 9.17) is 4.65 Å². The molecule has 0 aromatic carbocycles.